The van der Waals surface area contributed by atoms with Crippen LogP contribution >= 0.6 is 0 Å². The highest BCUT2D eigenvalue weighted by atomic mass is 19.4. The molecule has 0 N–H and O–H groups in total. The molecule has 5 nitrogen and oxygen atoms in total. The van der Waals surface area contributed by atoms with Crippen LogP contribution in [0.2, 0.25) is 0 Å². The number of fused-ring (bicyclic) bond motifs is 2. The molecule has 0 unspecified atom stereocenters. The first-order chi connectivity index (χ1) is 17.7. The molecular weight excluding hydrogens is 483 g/mol. The minimum absolute atomic E-state index is 0.208. The summed E-state index contributed by atoms with van der Waals surface area (Å²) in [6, 6.07) is 24.7. The lowest BCUT2D eigenvalue weighted by molar-refractivity contribution is -0.201. The van der Waals surface area contributed by atoms with Crippen molar-refractivity contribution in [3.05, 3.63) is 95.1 Å². The Morgan fingerprint density at radius 2 is 1.73 bits per heavy atom. The van der Waals surface area contributed by atoms with Gasteiger partial charge in [0.25, 0.3) is 0 Å². The van der Waals surface area contributed by atoms with Crippen LogP contribution in [0.5, 0.6) is 0 Å². The summed E-state index contributed by atoms with van der Waals surface area (Å²) < 4.78 is 46.7. The molecule has 5 rings (SSSR count). The summed E-state index contributed by atoms with van der Waals surface area (Å²) in [5, 5.41) is 1.04. The molecule has 0 spiro atoms. The largest absolute Gasteiger partial charge is 0.491 e. The molecule has 0 aliphatic carbocycles. The van der Waals surface area contributed by atoms with E-state index < -0.39 is 18.1 Å². The van der Waals surface area contributed by atoms with Crippen molar-refractivity contribution in [1.29, 1.82) is 0 Å². The first-order valence-electron chi connectivity index (χ1n) is 12.0. The number of rotatable bonds is 6. The highest BCUT2D eigenvalue weighted by Gasteiger charge is 2.42. The van der Waals surface area contributed by atoms with E-state index in [1.807, 2.05) is 41.3 Å². The van der Waals surface area contributed by atoms with E-state index in [9.17, 15) is 22.8 Å². The quantitative estimate of drug-likeness (QED) is 0.234. The van der Waals surface area contributed by atoms with E-state index in [0.29, 0.717) is 13.1 Å². The zero-order valence-electron chi connectivity index (χ0n) is 19.9. The summed E-state index contributed by atoms with van der Waals surface area (Å²) in [5.41, 5.74) is 6.50. The number of ether oxygens (including phenoxy) is 1. The molecule has 0 saturated carbocycles. The van der Waals surface area contributed by atoms with Gasteiger partial charge in [-0.1, -0.05) is 48.5 Å². The van der Waals surface area contributed by atoms with E-state index in [0.717, 1.165) is 46.3 Å². The summed E-state index contributed by atoms with van der Waals surface area (Å²) in [5.74, 6) is -2.87. The van der Waals surface area contributed by atoms with Crippen molar-refractivity contribution in [3.8, 4) is 11.3 Å². The van der Waals surface area contributed by atoms with Gasteiger partial charge in [0.1, 0.15) is 11.3 Å². The normalized spacial score (nSPS) is 13.9. The standard InChI is InChI=1S/C29H24F3NO4/c30-29(31,32)28(35)37-27(34)11-13-33-12-10-21-16-22(7-8-23(21)18-33)26-17-24-15-20(6-9-25(24)36-26)14-19-4-2-1-3-5-19/h1-9,15-17H,10-14,18H2. The van der Waals surface area contributed by atoms with Gasteiger partial charge in [-0.05, 0) is 59.4 Å². The van der Waals surface area contributed by atoms with Gasteiger partial charge in [-0.25, -0.2) is 4.79 Å². The lowest BCUT2D eigenvalue weighted by atomic mass is 9.96. The number of alkyl halides is 3. The molecule has 1 aliphatic rings. The SMILES string of the molecule is O=C(CCN1CCc2cc(-c3cc4cc(Cc5ccccc5)ccc4o3)ccc2C1)OC(=O)C(F)(F)F. The molecule has 1 aliphatic heterocycles. The molecule has 3 aromatic carbocycles. The van der Waals surface area contributed by atoms with Crippen molar-refractivity contribution in [2.75, 3.05) is 13.1 Å². The van der Waals surface area contributed by atoms with Gasteiger partial charge in [-0.2, -0.15) is 13.2 Å². The third kappa shape index (κ3) is 5.91. The van der Waals surface area contributed by atoms with Gasteiger partial charge >= 0.3 is 18.1 Å². The zero-order chi connectivity index (χ0) is 26.0. The van der Waals surface area contributed by atoms with Crippen molar-refractivity contribution in [2.45, 2.75) is 32.0 Å². The number of hydrogen-bond donors (Lipinski definition) is 0. The van der Waals surface area contributed by atoms with Crippen molar-refractivity contribution in [2.24, 2.45) is 0 Å². The van der Waals surface area contributed by atoms with E-state index in [1.165, 1.54) is 11.1 Å². The Morgan fingerprint density at radius 1 is 0.919 bits per heavy atom. The van der Waals surface area contributed by atoms with Crippen molar-refractivity contribution in [1.82, 2.24) is 4.90 Å². The smallest absolute Gasteiger partial charge is 0.456 e. The van der Waals surface area contributed by atoms with Gasteiger partial charge in [-0.3, -0.25) is 9.69 Å². The van der Waals surface area contributed by atoms with Gasteiger partial charge in [0.15, 0.2) is 0 Å². The summed E-state index contributed by atoms with van der Waals surface area (Å²) in [4.78, 5) is 24.3. The van der Waals surface area contributed by atoms with Gasteiger partial charge < -0.3 is 9.15 Å². The van der Waals surface area contributed by atoms with Crippen LogP contribution in [-0.2, 0) is 33.7 Å². The molecule has 2 heterocycles. The number of esters is 2. The van der Waals surface area contributed by atoms with Crippen LogP contribution < -0.4 is 0 Å². The average Bonchev–Trinajstić information content (AvgIpc) is 3.30. The van der Waals surface area contributed by atoms with Crippen LogP contribution in [0.4, 0.5) is 13.2 Å². The Labute approximate surface area is 211 Å². The molecule has 0 fully saturated rings. The maximum atomic E-state index is 12.2. The van der Waals surface area contributed by atoms with Gasteiger partial charge in [0.2, 0.25) is 0 Å². The average molecular weight is 508 g/mol. The first-order valence-corrected chi connectivity index (χ1v) is 12.0. The van der Waals surface area contributed by atoms with Gasteiger partial charge in [0.05, 0.1) is 6.42 Å². The van der Waals surface area contributed by atoms with E-state index in [2.05, 4.69) is 41.1 Å². The van der Waals surface area contributed by atoms with Crippen LogP contribution in [0, 0.1) is 0 Å². The van der Waals surface area contributed by atoms with Crippen molar-refractivity contribution in [3.63, 3.8) is 0 Å². The fraction of sp³-hybridized carbons (Fsp3) is 0.241. The molecule has 190 valence electrons. The highest BCUT2D eigenvalue weighted by Crippen LogP contribution is 2.31. The van der Waals surface area contributed by atoms with E-state index >= 15 is 0 Å². The van der Waals surface area contributed by atoms with Crippen LogP contribution in [-0.4, -0.2) is 36.1 Å². The molecule has 1 aromatic heterocycles. The summed E-state index contributed by atoms with van der Waals surface area (Å²) >= 11 is 0. The Hall–Kier alpha value is -3.91. The Kier molecular flexibility index (Phi) is 6.84. The van der Waals surface area contributed by atoms with E-state index in [-0.39, 0.29) is 13.0 Å². The van der Waals surface area contributed by atoms with E-state index in [1.54, 1.807) is 0 Å². The molecule has 0 saturated heterocycles. The van der Waals surface area contributed by atoms with Crippen LogP contribution in [0.15, 0.2) is 77.2 Å². The lowest BCUT2D eigenvalue weighted by Gasteiger charge is -2.28. The molecule has 0 atom stereocenters. The van der Waals surface area contributed by atoms with Crippen molar-refractivity contribution < 1.29 is 31.9 Å². The number of carbonyl (C=O) groups is 2. The second-order valence-corrected chi connectivity index (χ2v) is 9.16. The monoisotopic (exact) mass is 507 g/mol. The Bertz CT molecular complexity index is 1440. The van der Waals surface area contributed by atoms with Gasteiger partial charge in [0, 0.05) is 30.6 Å². The topological polar surface area (TPSA) is 59.8 Å². The second-order valence-electron chi connectivity index (χ2n) is 9.16. The molecular formula is C29H24F3NO4. The predicted octanol–water partition coefficient (Wildman–Crippen LogP) is 6.07. The molecule has 4 aromatic rings. The van der Waals surface area contributed by atoms with Gasteiger partial charge in [-0.15, -0.1) is 0 Å². The molecule has 0 radical (unpaired) electrons. The maximum absolute atomic E-state index is 12.2. The number of hydrogen-bond acceptors (Lipinski definition) is 5. The number of furan rings is 1. The lowest BCUT2D eigenvalue weighted by Crippen LogP contribution is -2.34. The first kappa shape index (κ1) is 24.8. The molecule has 8 heteroatoms. The third-order valence-electron chi connectivity index (χ3n) is 6.48. The number of halogens is 3. The summed E-state index contributed by atoms with van der Waals surface area (Å²) in [7, 11) is 0. The minimum atomic E-state index is -5.18. The minimum Gasteiger partial charge on any atom is -0.456 e. The fourth-order valence-corrected chi connectivity index (χ4v) is 4.59. The summed E-state index contributed by atoms with van der Waals surface area (Å²) in [6.45, 7) is 1.40. The summed E-state index contributed by atoms with van der Waals surface area (Å²) in [6.07, 6.45) is -3.90. The zero-order valence-corrected chi connectivity index (χ0v) is 19.9. The van der Waals surface area contributed by atoms with Crippen molar-refractivity contribution >= 4 is 22.9 Å². The van der Waals surface area contributed by atoms with Crippen LogP contribution in [0.1, 0.15) is 28.7 Å². The number of carbonyl (C=O) groups excluding carboxylic acids is 2. The fourth-order valence-electron chi connectivity index (χ4n) is 4.59. The Morgan fingerprint density at radius 3 is 2.51 bits per heavy atom. The predicted molar refractivity (Wildman–Crippen MR) is 132 cm³/mol. The number of nitrogens with zero attached hydrogens (tertiary/aromatic N) is 1. The van der Waals surface area contributed by atoms with Crippen LogP contribution in [0.3, 0.4) is 0 Å². The Balaban J connectivity index is 1.23. The number of benzene rings is 3. The molecule has 0 amide bonds. The maximum Gasteiger partial charge on any atom is 0.491 e. The molecule has 0 bridgehead atoms. The highest BCUT2D eigenvalue weighted by molar-refractivity contribution is 5.88. The molecule has 37 heavy (non-hydrogen) atoms. The van der Waals surface area contributed by atoms with E-state index in [4.69, 9.17) is 4.42 Å². The van der Waals surface area contributed by atoms with Crippen LogP contribution in [0.25, 0.3) is 22.3 Å². The second kappa shape index (κ2) is 10.2. The third-order valence-corrected chi connectivity index (χ3v) is 6.48.